The van der Waals surface area contributed by atoms with E-state index in [2.05, 4.69) is 6.08 Å². The molecule has 18 heavy (non-hydrogen) atoms. The fraction of sp³-hybridized carbons (Fsp3) is 0.600. The van der Waals surface area contributed by atoms with Crippen LogP contribution < -0.4 is 0 Å². The second-order valence-corrected chi connectivity index (χ2v) is 5.49. The van der Waals surface area contributed by atoms with Gasteiger partial charge in [-0.15, -0.1) is 0 Å². The molecule has 0 unspecified atom stereocenters. The van der Waals surface area contributed by atoms with Gasteiger partial charge in [0.1, 0.15) is 5.60 Å². The first-order chi connectivity index (χ1) is 8.52. The molecule has 0 aliphatic carbocycles. The fourth-order valence-electron chi connectivity index (χ4n) is 2.23. The van der Waals surface area contributed by atoms with Crippen LogP contribution in [-0.2, 0) is 11.2 Å². The maximum atomic E-state index is 10.1. The summed E-state index contributed by atoms with van der Waals surface area (Å²) in [5, 5.41) is 10.1. The summed E-state index contributed by atoms with van der Waals surface area (Å²) in [4.78, 5) is 0. The van der Waals surface area contributed by atoms with Crippen molar-refractivity contribution in [3.63, 3.8) is 0 Å². The van der Waals surface area contributed by atoms with Crippen molar-refractivity contribution in [1.82, 2.24) is 0 Å². The molecule has 1 N–H and O–H groups in total. The van der Waals surface area contributed by atoms with Crippen LogP contribution in [0, 0.1) is 0 Å². The van der Waals surface area contributed by atoms with Crippen molar-refractivity contribution in [3.8, 4) is 0 Å². The molecule has 0 amide bonds. The van der Waals surface area contributed by atoms with Crippen molar-refractivity contribution >= 4 is 0 Å². The van der Waals surface area contributed by atoms with Gasteiger partial charge in [-0.1, -0.05) is 11.6 Å². The lowest BCUT2D eigenvalue weighted by molar-refractivity contribution is 0.0872. The number of ether oxygens (including phenoxy) is 1. The molecule has 3 atom stereocenters. The van der Waals surface area contributed by atoms with Crippen LogP contribution in [0.2, 0.25) is 0 Å². The summed E-state index contributed by atoms with van der Waals surface area (Å²) >= 11 is 0. The predicted molar refractivity (Wildman–Crippen MR) is 70.4 cm³/mol. The number of allylic oxidation sites excluding steroid dienone is 1. The molecule has 1 aliphatic heterocycles. The first kappa shape index (κ1) is 13.4. The third kappa shape index (κ3) is 3.03. The highest BCUT2D eigenvalue weighted by Crippen LogP contribution is 2.43. The lowest BCUT2D eigenvalue weighted by atomic mass is 9.94. The van der Waals surface area contributed by atoms with Gasteiger partial charge in [0.15, 0.2) is 0 Å². The zero-order chi connectivity index (χ0) is 13.2. The van der Waals surface area contributed by atoms with E-state index in [1.165, 1.54) is 11.1 Å². The Morgan fingerprint density at radius 3 is 2.94 bits per heavy atom. The topological polar surface area (TPSA) is 45.9 Å². The minimum absolute atomic E-state index is 0.160. The number of rotatable bonds is 6. The van der Waals surface area contributed by atoms with E-state index in [1.54, 1.807) is 12.5 Å². The van der Waals surface area contributed by atoms with Crippen molar-refractivity contribution in [3.05, 3.63) is 35.8 Å². The fourth-order valence-corrected chi connectivity index (χ4v) is 2.23. The van der Waals surface area contributed by atoms with Gasteiger partial charge in [0.05, 0.1) is 24.7 Å². The molecule has 3 heteroatoms. The third-order valence-corrected chi connectivity index (χ3v) is 3.66. The Balaban J connectivity index is 1.79. The van der Waals surface area contributed by atoms with Crippen LogP contribution in [0.15, 0.2) is 34.7 Å². The third-order valence-electron chi connectivity index (χ3n) is 3.66. The summed E-state index contributed by atoms with van der Waals surface area (Å²) in [6, 6.07) is 1.97. The van der Waals surface area contributed by atoms with Crippen molar-refractivity contribution < 1.29 is 14.3 Å². The minimum atomic E-state index is -0.415. The van der Waals surface area contributed by atoms with E-state index in [1.807, 2.05) is 26.8 Å². The van der Waals surface area contributed by atoms with Crippen LogP contribution in [0.4, 0.5) is 0 Å². The van der Waals surface area contributed by atoms with E-state index in [4.69, 9.17) is 9.15 Å². The summed E-state index contributed by atoms with van der Waals surface area (Å²) in [5.41, 5.74) is 2.05. The Morgan fingerprint density at radius 2 is 2.33 bits per heavy atom. The maximum absolute atomic E-state index is 10.1. The molecule has 1 aliphatic rings. The van der Waals surface area contributed by atoms with E-state index in [0.717, 1.165) is 12.8 Å². The molecule has 1 fully saturated rings. The Labute approximate surface area is 108 Å². The monoisotopic (exact) mass is 250 g/mol. The summed E-state index contributed by atoms with van der Waals surface area (Å²) in [5.74, 6) is 0. The molecule has 0 radical (unpaired) electrons. The molecule has 100 valence electrons. The standard InChI is InChI=1S/C15H22O3/c1-11(2)4-6-13(16)15(3)14(18-15)7-5-12-8-9-17-10-12/h4,8-10,13-14,16H,5-7H2,1-3H3/t13-,14+,15+/m1/s1. The zero-order valence-electron chi connectivity index (χ0n) is 11.3. The lowest BCUT2D eigenvalue weighted by Crippen LogP contribution is -2.28. The van der Waals surface area contributed by atoms with Gasteiger partial charge in [-0.05, 0) is 51.7 Å². The second-order valence-electron chi connectivity index (χ2n) is 5.49. The number of aryl methyl sites for hydroxylation is 1. The quantitative estimate of drug-likeness (QED) is 0.623. The predicted octanol–water partition coefficient (Wildman–Crippen LogP) is 3.09. The normalized spacial score (nSPS) is 27.9. The van der Waals surface area contributed by atoms with Gasteiger partial charge in [0.2, 0.25) is 0 Å². The van der Waals surface area contributed by atoms with Crippen LogP contribution in [0.1, 0.15) is 39.2 Å². The SMILES string of the molecule is CC(C)=CC[C@@H](O)[C@]1(C)O[C@H]1CCc1ccoc1. The Hall–Kier alpha value is -1.06. The van der Waals surface area contributed by atoms with Gasteiger partial charge >= 0.3 is 0 Å². The maximum Gasteiger partial charge on any atom is 0.118 e. The molecule has 0 saturated carbocycles. The van der Waals surface area contributed by atoms with Crippen molar-refractivity contribution in [2.45, 2.75) is 57.8 Å². The van der Waals surface area contributed by atoms with E-state index in [-0.39, 0.29) is 11.7 Å². The molecule has 0 bridgehead atoms. The molecular weight excluding hydrogens is 228 g/mol. The zero-order valence-corrected chi connectivity index (χ0v) is 11.3. The number of hydrogen-bond donors (Lipinski definition) is 1. The number of aliphatic hydroxyl groups excluding tert-OH is 1. The van der Waals surface area contributed by atoms with Gasteiger partial charge in [-0.3, -0.25) is 0 Å². The molecule has 1 aromatic heterocycles. The van der Waals surface area contributed by atoms with Crippen LogP contribution in [0.3, 0.4) is 0 Å². The molecular formula is C15H22O3. The van der Waals surface area contributed by atoms with E-state index < -0.39 is 6.10 Å². The summed E-state index contributed by atoms with van der Waals surface area (Å²) < 4.78 is 10.7. The van der Waals surface area contributed by atoms with E-state index in [0.29, 0.717) is 6.42 Å². The lowest BCUT2D eigenvalue weighted by Gasteiger charge is -2.13. The van der Waals surface area contributed by atoms with Crippen LogP contribution in [0.25, 0.3) is 0 Å². The average molecular weight is 250 g/mol. The molecule has 0 spiro atoms. The highest BCUT2D eigenvalue weighted by atomic mass is 16.6. The van der Waals surface area contributed by atoms with E-state index in [9.17, 15) is 5.11 Å². The van der Waals surface area contributed by atoms with Crippen LogP contribution >= 0.6 is 0 Å². The van der Waals surface area contributed by atoms with Gasteiger partial charge in [0.25, 0.3) is 0 Å². The number of furan rings is 1. The molecule has 3 nitrogen and oxygen atoms in total. The Morgan fingerprint density at radius 1 is 1.56 bits per heavy atom. The number of epoxide rings is 1. The molecule has 1 aromatic rings. The summed E-state index contributed by atoms with van der Waals surface area (Å²) in [6.07, 6.45) is 7.79. The van der Waals surface area contributed by atoms with E-state index >= 15 is 0 Å². The largest absolute Gasteiger partial charge is 0.472 e. The minimum Gasteiger partial charge on any atom is -0.472 e. The smallest absolute Gasteiger partial charge is 0.118 e. The van der Waals surface area contributed by atoms with Gasteiger partial charge in [-0.25, -0.2) is 0 Å². The number of aliphatic hydroxyl groups is 1. The first-order valence-electron chi connectivity index (χ1n) is 6.52. The molecule has 2 heterocycles. The second kappa shape index (κ2) is 5.29. The first-order valence-corrected chi connectivity index (χ1v) is 6.52. The van der Waals surface area contributed by atoms with Gasteiger partial charge in [-0.2, -0.15) is 0 Å². The number of hydrogen-bond acceptors (Lipinski definition) is 3. The molecule has 2 rings (SSSR count). The molecule has 0 aromatic carbocycles. The Bertz CT molecular complexity index is 403. The van der Waals surface area contributed by atoms with Crippen molar-refractivity contribution in [2.75, 3.05) is 0 Å². The van der Waals surface area contributed by atoms with Crippen molar-refractivity contribution in [2.24, 2.45) is 0 Å². The Kier molecular flexibility index (Phi) is 3.93. The highest BCUT2D eigenvalue weighted by Gasteiger charge is 2.56. The molecule has 1 saturated heterocycles. The highest BCUT2D eigenvalue weighted by molar-refractivity contribution is 5.11. The average Bonchev–Trinajstić information content (AvgIpc) is 2.78. The van der Waals surface area contributed by atoms with Gasteiger partial charge < -0.3 is 14.3 Å². The van der Waals surface area contributed by atoms with Crippen LogP contribution in [-0.4, -0.2) is 22.9 Å². The van der Waals surface area contributed by atoms with Crippen LogP contribution in [0.5, 0.6) is 0 Å². The van der Waals surface area contributed by atoms with Gasteiger partial charge in [0, 0.05) is 0 Å². The van der Waals surface area contributed by atoms with Crippen molar-refractivity contribution in [1.29, 1.82) is 0 Å². The summed E-state index contributed by atoms with van der Waals surface area (Å²) in [7, 11) is 0. The summed E-state index contributed by atoms with van der Waals surface area (Å²) in [6.45, 7) is 6.08.